The molecule has 6 nitrogen and oxygen atoms in total. The molecule has 0 aliphatic heterocycles. The Morgan fingerprint density at radius 3 is 3.22 bits per heavy atom. The smallest absolute Gasteiger partial charge is 0.136 e. The van der Waals surface area contributed by atoms with E-state index in [4.69, 9.17) is 9.95 Å². The molecule has 2 aromatic heterocycles. The van der Waals surface area contributed by atoms with Gasteiger partial charge in [-0.3, -0.25) is 4.68 Å². The minimum absolute atomic E-state index is 0.139. The number of hydrogen-bond donors (Lipinski definition) is 0. The highest BCUT2D eigenvalue weighted by molar-refractivity contribution is 6.03. The fourth-order valence-electron chi connectivity index (χ4n) is 2.14. The van der Waals surface area contributed by atoms with Gasteiger partial charge in [0.25, 0.3) is 0 Å². The average Bonchev–Trinajstić information content (AvgIpc) is 2.94. The van der Waals surface area contributed by atoms with Gasteiger partial charge in [-0.05, 0) is 23.7 Å². The Morgan fingerprint density at radius 1 is 1.50 bits per heavy atom. The lowest BCUT2D eigenvalue weighted by molar-refractivity contribution is 0.552. The van der Waals surface area contributed by atoms with Crippen LogP contribution in [0.15, 0.2) is 40.2 Å². The van der Waals surface area contributed by atoms with Crippen molar-refractivity contribution in [2.24, 2.45) is 5.11 Å². The highest BCUT2D eigenvalue weighted by atomic mass is 16.3. The largest absolute Gasteiger partial charge is 0.464 e. The van der Waals surface area contributed by atoms with Gasteiger partial charge in [-0.25, -0.2) is 0 Å². The summed E-state index contributed by atoms with van der Waals surface area (Å²) in [5.74, 6) is 0. The molecule has 0 aliphatic carbocycles. The maximum atomic E-state index is 8.43. The fourth-order valence-corrected chi connectivity index (χ4v) is 2.14. The number of benzene rings is 1. The molecular formula is C12H11N5O. The maximum Gasteiger partial charge on any atom is 0.136 e. The van der Waals surface area contributed by atoms with E-state index in [9.17, 15) is 0 Å². The van der Waals surface area contributed by atoms with Crippen LogP contribution >= 0.6 is 0 Å². The van der Waals surface area contributed by atoms with Crippen LogP contribution in [0.4, 0.5) is 0 Å². The quantitative estimate of drug-likeness (QED) is 0.399. The van der Waals surface area contributed by atoms with E-state index in [1.165, 1.54) is 0 Å². The third kappa shape index (κ3) is 1.59. The van der Waals surface area contributed by atoms with Crippen LogP contribution < -0.4 is 0 Å². The van der Waals surface area contributed by atoms with Crippen molar-refractivity contribution < 1.29 is 4.42 Å². The van der Waals surface area contributed by atoms with Crippen molar-refractivity contribution in [2.75, 3.05) is 0 Å². The average molecular weight is 241 g/mol. The molecule has 0 saturated carbocycles. The van der Waals surface area contributed by atoms with Crippen LogP contribution in [0.2, 0.25) is 0 Å². The predicted molar refractivity (Wildman–Crippen MR) is 68.1 cm³/mol. The predicted octanol–water partition coefficient (Wildman–Crippen LogP) is 3.48. The van der Waals surface area contributed by atoms with Gasteiger partial charge in [0.2, 0.25) is 0 Å². The molecule has 2 heterocycles. The lowest BCUT2D eigenvalue weighted by Gasteiger charge is -2.06. The van der Waals surface area contributed by atoms with Crippen molar-refractivity contribution in [3.63, 3.8) is 0 Å². The molecule has 0 spiro atoms. The van der Waals surface area contributed by atoms with Gasteiger partial charge in [-0.15, -0.1) is 0 Å². The summed E-state index contributed by atoms with van der Waals surface area (Å²) in [4.78, 5) is 2.81. The van der Waals surface area contributed by atoms with E-state index in [2.05, 4.69) is 15.1 Å². The van der Waals surface area contributed by atoms with Gasteiger partial charge in [-0.2, -0.15) is 5.10 Å². The molecular weight excluding hydrogens is 230 g/mol. The summed E-state index contributed by atoms with van der Waals surface area (Å²) in [6.45, 7) is 2.42. The Kier molecular flexibility index (Phi) is 2.42. The molecule has 0 aliphatic rings. The molecule has 1 atom stereocenters. The number of rotatable bonds is 3. The molecule has 1 aromatic carbocycles. The summed E-state index contributed by atoms with van der Waals surface area (Å²) >= 11 is 0. The maximum absolute atomic E-state index is 8.43. The first-order chi connectivity index (χ1) is 8.79. The van der Waals surface area contributed by atoms with Gasteiger partial charge in [0, 0.05) is 22.2 Å². The number of aromatic nitrogens is 2. The van der Waals surface area contributed by atoms with E-state index in [-0.39, 0.29) is 6.04 Å². The van der Waals surface area contributed by atoms with E-state index < -0.39 is 0 Å². The van der Waals surface area contributed by atoms with Crippen LogP contribution in [-0.4, -0.2) is 15.8 Å². The number of fused-ring (bicyclic) bond motifs is 3. The van der Waals surface area contributed by atoms with Crippen LogP contribution in [0.3, 0.4) is 0 Å². The molecule has 3 aromatic rings. The van der Waals surface area contributed by atoms with Crippen molar-refractivity contribution in [1.82, 2.24) is 9.78 Å². The molecule has 6 heteroatoms. The van der Waals surface area contributed by atoms with Gasteiger partial charge in [0.05, 0.1) is 24.0 Å². The summed E-state index contributed by atoms with van der Waals surface area (Å²) in [6, 6.07) is 5.69. The van der Waals surface area contributed by atoms with Gasteiger partial charge in [0.1, 0.15) is 5.58 Å². The molecule has 1 unspecified atom stereocenters. The molecule has 0 fully saturated rings. The SMILES string of the molecule is CC(Cn1ncc2ccc3occc3c21)N=[N+]=[N-]. The number of azide groups is 1. The van der Waals surface area contributed by atoms with Crippen LogP contribution in [0, 0.1) is 0 Å². The second kappa shape index (κ2) is 4.09. The molecule has 0 N–H and O–H groups in total. The zero-order chi connectivity index (χ0) is 12.5. The van der Waals surface area contributed by atoms with Crippen LogP contribution in [0.25, 0.3) is 32.3 Å². The fraction of sp³-hybridized carbons (Fsp3) is 0.250. The second-order valence-corrected chi connectivity index (χ2v) is 4.22. The molecule has 0 amide bonds. The summed E-state index contributed by atoms with van der Waals surface area (Å²) in [5, 5.41) is 10.1. The minimum Gasteiger partial charge on any atom is -0.464 e. The molecule has 0 radical (unpaired) electrons. The molecule has 3 rings (SSSR count). The minimum atomic E-state index is -0.139. The lowest BCUT2D eigenvalue weighted by atomic mass is 10.2. The Hall–Kier alpha value is -2.46. The van der Waals surface area contributed by atoms with E-state index in [1.54, 1.807) is 6.26 Å². The molecule has 18 heavy (non-hydrogen) atoms. The van der Waals surface area contributed by atoms with Crippen molar-refractivity contribution in [2.45, 2.75) is 19.5 Å². The normalized spacial score (nSPS) is 12.7. The molecule has 0 saturated heterocycles. The summed E-state index contributed by atoms with van der Waals surface area (Å²) in [7, 11) is 0. The van der Waals surface area contributed by atoms with E-state index in [1.807, 2.05) is 36.0 Å². The first-order valence-corrected chi connectivity index (χ1v) is 5.65. The summed E-state index contributed by atoms with van der Waals surface area (Å²) in [6.07, 6.45) is 3.48. The van der Waals surface area contributed by atoms with E-state index in [0.717, 1.165) is 21.9 Å². The van der Waals surface area contributed by atoms with Crippen LogP contribution in [0.5, 0.6) is 0 Å². The molecule has 0 bridgehead atoms. The van der Waals surface area contributed by atoms with Crippen molar-refractivity contribution in [3.05, 3.63) is 41.1 Å². The summed E-state index contributed by atoms with van der Waals surface area (Å²) in [5.41, 5.74) is 10.3. The van der Waals surface area contributed by atoms with Crippen LogP contribution in [-0.2, 0) is 6.54 Å². The first kappa shape index (κ1) is 10.7. The highest BCUT2D eigenvalue weighted by Crippen LogP contribution is 2.26. The highest BCUT2D eigenvalue weighted by Gasteiger charge is 2.10. The summed E-state index contributed by atoms with van der Waals surface area (Å²) < 4.78 is 7.23. The number of furan rings is 1. The number of hydrogen-bond acceptors (Lipinski definition) is 3. The van der Waals surface area contributed by atoms with Crippen molar-refractivity contribution in [1.29, 1.82) is 0 Å². The third-order valence-electron chi connectivity index (χ3n) is 2.92. The van der Waals surface area contributed by atoms with Gasteiger partial charge >= 0.3 is 0 Å². The van der Waals surface area contributed by atoms with Crippen LogP contribution in [0.1, 0.15) is 6.92 Å². The lowest BCUT2D eigenvalue weighted by Crippen LogP contribution is -2.10. The Bertz CT molecular complexity index is 750. The van der Waals surface area contributed by atoms with Gasteiger partial charge in [0.15, 0.2) is 0 Å². The topological polar surface area (TPSA) is 79.7 Å². The first-order valence-electron chi connectivity index (χ1n) is 5.65. The van der Waals surface area contributed by atoms with E-state index in [0.29, 0.717) is 6.54 Å². The Balaban J connectivity index is 2.17. The monoisotopic (exact) mass is 241 g/mol. The van der Waals surface area contributed by atoms with Crippen molar-refractivity contribution in [3.8, 4) is 0 Å². The number of nitrogens with zero attached hydrogens (tertiary/aromatic N) is 5. The zero-order valence-corrected chi connectivity index (χ0v) is 9.82. The van der Waals surface area contributed by atoms with Gasteiger partial charge in [-0.1, -0.05) is 12.0 Å². The third-order valence-corrected chi connectivity index (χ3v) is 2.92. The van der Waals surface area contributed by atoms with E-state index >= 15 is 0 Å². The Morgan fingerprint density at radius 2 is 2.39 bits per heavy atom. The molecule has 90 valence electrons. The Labute approximate surface area is 102 Å². The van der Waals surface area contributed by atoms with Gasteiger partial charge < -0.3 is 4.42 Å². The standard InChI is InChI=1S/C12H11N5O/c1-8(15-16-13)7-17-12-9(6-14-17)2-3-11-10(12)4-5-18-11/h2-6,8H,7H2,1H3. The van der Waals surface area contributed by atoms with Crippen molar-refractivity contribution >= 4 is 21.9 Å². The zero-order valence-electron chi connectivity index (χ0n) is 9.82. The second-order valence-electron chi connectivity index (χ2n) is 4.22.